The normalized spacial score (nSPS) is 10.7. The number of hydrogen-bond acceptors (Lipinski definition) is 7. The van der Waals surface area contributed by atoms with E-state index in [2.05, 4.69) is 25.4 Å². The molecule has 0 aliphatic carbocycles. The van der Waals surface area contributed by atoms with Gasteiger partial charge in [-0.05, 0) is 43.1 Å². The molecule has 0 atom stereocenters. The molecular weight excluding hydrogens is 398 g/mol. The Kier molecular flexibility index (Phi) is 7.12. The van der Waals surface area contributed by atoms with Crippen LogP contribution in [0.2, 0.25) is 5.28 Å². The van der Waals surface area contributed by atoms with Crippen LogP contribution in [0.5, 0.6) is 0 Å². The van der Waals surface area contributed by atoms with Crippen molar-refractivity contribution in [2.45, 2.75) is 26.8 Å². The molecular formula is C16H17ClF2N6O3. The lowest BCUT2D eigenvalue weighted by atomic mass is 10.3. The molecule has 3 heterocycles. The van der Waals surface area contributed by atoms with Gasteiger partial charge in [0.15, 0.2) is 11.5 Å². The SMILES string of the molecule is CC(F)F.Cc1ccnc(Nc2nc(Cl)nc3c(C(=O)O)nn(CCO)c23)c1. The molecule has 9 nitrogen and oxygen atoms in total. The number of carbonyl (C=O) groups is 1. The fraction of sp³-hybridized carbons (Fsp3) is 0.312. The zero-order chi connectivity index (χ0) is 20.8. The molecule has 3 aromatic heterocycles. The molecule has 0 aliphatic heterocycles. The highest BCUT2D eigenvalue weighted by Crippen LogP contribution is 2.27. The number of hydrogen-bond donors (Lipinski definition) is 3. The summed E-state index contributed by atoms with van der Waals surface area (Å²) in [6, 6.07) is 3.64. The quantitative estimate of drug-likeness (QED) is 0.544. The van der Waals surface area contributed by atoms with Crippen LogP contribution in [0.1, 0.15) is 23.0 Å². The Morgan fingerprint density at radius 2 is 2.07 bits per heavy atom. The van der Waals surface area contributed by atoms with Crippen LogP contribution in [-0.2, 0) is 6.54 Å². The molecule has 0 amide bonds. The number of aromatic carboxylic acids is 1. The highest BCUT2D eigenvalue weighted by Gasteiger charge is 2.22. The summed E-state index contributed by atoms with van der Waals surface area (Å²) >= 11 is 5.92. The summed E-state index contributed by atoms with van der Waals surface area (Å²) in [4.78, 5) is 23.6. The number of anilines is 2. The third-order valence-corrected chi connectivity index (χ3v) is 3.41. The molecule has 0 fully saturated rings. The van der Waals surface area contributed by atoms with E-state index in [0.717, 1.165) is 12.5 Å². The van der Waals surface area contributed by atoms with Gasteiger partial charge >= 0.3 is 5.97 Å². The fourth-order valence-electron chi connectivity index (χ4n) is 2.27. The molecule has 150 valence electrons. The number of rotatable bonds is 5. The lowest BCUT2D eigenvalue weighted by Crippen LogP contribution is -2.07. The van der Waals surface area contributed by atoms with Crippen LogP contribution in [0.4, 0.5) is 20.4 Å². The number of nitrogens with one attached hydrogen (secondary N) is 1. The molecule has 0 saturated carbocycles. The van der Waals surface area contributed by atoms with Crippen LogP contribution in [0, 0.1) is 6.92 Å². The molecule has 3 rings (SSSR count). The summed E-state index contributed by atoms with van der Waals surface area (Å²) in [5.41, 5.74) is 1.14. The standard InChI is InChI=1S/C14H13ClN6O3.C2H4F2/c1-7-2-3-16-8(6-7)17-12-11-9(18-14(15)19-12)10(13(23)24)20-21(11)4-5-22;1-2(3)4/h2-3,6,22H,4-5H2,1H3,(H,23,24)(H,16,17,18,19);2H,1H3. The first kappa shape index (κ1) is 21.4. The summed E-state index contributed by atoms with van der Waals surface area (Å²) in [6.45, 7) is 2.61. The minimum atomic E-state index is -2.17. The predicted molar refractivity (Wildman–Crippen MR) is 98.3 cm³/mol. The predicted octanol–water partition coefficient (Wildman–Crippen LogP) is 2.89. The van der Waals surface area contributed by atoms with Gasteiger partial charge in [0.25, 0.3) is 0 Å². The maximum absolute atomic E-state index is 11.4. The second-order valence-electron chi connectivity index (χ2n) is 5.50. The van der Waals surface area contributed by atoms with E-state index < -0.39 is 12.4 Å². The van der Waals surface area contributed by atoms with Gasteiger partial charge in [-0.3, -0.25) is 4.68 Å². The van der Waals surface area contributed by atoms with Crippen molar-refractivity contribution in [3.63, 3.8) is 0 Å². The van der Waals surface area contributed by atoms with Crippen molar-refractivity contribution in [3.8, 4) is 0 Å². The number of alkyl halides is 2. The smallest absolute Gasteiger partial charge is 0.358 e. The third kappa shape index (κ3) is 5.30. The van der Waals surface area contributed by atoms with Gasteiger partial charge in [-0.25, -0.2) is 23.5 Å². The second kappa shape index (κ2) is 9.33. The number of aliphatic hydroxyl groups is 1. The molecule has 0 radical (unpaired) electrons. The number of fused-ring (bicyclic) bond motifs is 1. The zero-order valence-corrected chi connectivity index (χ0v) is 15.7. The van der Waals surface area contributed by atoms with Crippen molar-refractivity contribution >= 4 is 40.2 Å². The van der Waals surface area contributed by atoms with E-state index in [1.165, 1.54) is 4.68 Å². The fourth-order valence-corrected chi connectivity index (χ4v) is 2.44. The molecule has 0 aliphatic rings. The van der Waals surface area contributed by atoms with E-state index in [0.29, 0.717) is 11.3 Å². The van der Waals surface area contributed by atoms with Gasteiger partial charge < -0.3 is 15.5 Å². The van der Waals surface area contributed by atoms with Crippen molar-refractivity contribution in [1.29, 1.82) is 0 Å². The Bertz CT molecular complexity index is 980. The van der Waals surface area contributed by atoms with E-state index >= 15 is 0 Å². The number of carboxylic acid groups (broad SMARTS) is 1. The molecule has 0 unspecified atom stereocenters. The van der Waals surface area contributed by atoms with Crippen LogP contribution in [0.15, 0.2) is 18.3 Å². The first-order valence-electron chi connectivity index (χ1n) is 7.99. The molecule has 3 N–H and O–H groups in total. The highest BCUT2D eigenvalue weighted by atomic mass is 35.5. The van der Waals surface area contributed by atoms with Gasteiger partial charge in [0.1, 0.15) is 16.9 Å². The molecule has 28 heavy (non-hydrogen) atoms. The van der Waals surface area contributed by atoms with E-state index in [1.54, 1.807) is 12.3 Å². The van der Waals surface area contributed by atoms with E-state index in [4.69, 9.17) is 11.6 Å². The maximum atomic E-state index is 11.4. The van der Waals surface area contributed by atoms with E-state index in [9.17, 15) is 23.8 Å². The Balaban J connectivity index is 0.000000640. The van der Waals surface area contributed by atoms with Gasteiger partial charge in [-0.2, -0.15) is 10.1 Å². The molecule has 0 spiro atoms. The largest absolute Gasteiger partial charge is 0.476 e. The van der Waals surface area contributed by atoms with E-state index in [-0.39, 0.29) is 35.5 Å². The summed E-state index contributed by atoms with van der Waals surface area (Å²) in [6.07, 6.45) is -0.536. The second-order valence-corrected chi connectivity index (χ2v) is 5.84. The first-order valence-corrected chi connectivity index (χ1v) is 8.36. The molecule has 3 aromatic rings. The number of pyridine rings is 1. The number of nitrogens with zero attached hydrogens (tertiary/aromatic N) is 5. The zero-order valence-electron chi connectivity index (χ0n) is 14.9. The van der Waals surface area contributed by atoms with Crippen molar-refractivity contribution in [1.82, 2.24) is 24.7 Å². The van der Waals surface area contributed by atoms with Crippen LogP contribution in [-0.4, -0.2) is 53.9 Å². The molecule has 0 bridgehead atoms. The number of aliphatic hydroxyl groups excluding tert-OH is 1. The van der Waals surface area contributed by atoms with Gasteiger partial charge in [-0.1, -0.05) is 0 Å². The van der Waals surface area contributed by atoms with Crippen molar-refractivity contribution in [2.75, 3.05) is 11.9 Å². The van der Waals surface area contributed by atoms with Crippen LogP contribution in [0.25, 0.3) is 11.0 Å². The number of aryl methyl sites for hydroxylation is 1. The summed E-state index contributed by atoms with van der Waals surface area (Å²) < 4.78 is 22.0. The maximum Gasteiger partial charge on any atom is 0.358 e. The Labute approximate surface area is 163 Å². The van der Waals surface area contributed by atoms with Crippen LogP contribution >= 0.6 is 11.6 Å². The Morgan fingerprint density at radius 1 is 1.39 bits per heavy atom. The summed E-state index contributed by atoms with van der Waals surface area (Å²) in [5.74, 6) is -0.470. The van der Waals surface area contributed by atoms with E-state index in [1.807, 2.05) is 13.0 Å². The van der Waals surface area contributed by atoms with Crippen LogP contribution < -0.4 is 5.32 Å². The lowest BCUT2D eigenvalue weighted by Gasteiger charge is -2.09. The first-order chi connectivity index (χ1) is 13.2. The topological polar surface area (TPSA) is 126 Å². The number of halogens is 3. The van der Waals surface area contributed by atoms with Crippen molar-refractivity contribution < 1.29 is 23.8 Å². The summed E-state index contributed by atoms with van der Waals surface area (Å²) in [5, 5.41) is 25.3. The average Bonchev–Trinajstić information content (AvgIpc) is 2.93. The highest BCUT2D eigenvalue weighted by molar-refractivity contribution is 6.29. The van der Waals surface area contributed by atoms with Crippen molar-refractivity contribution in [2.24, 2.45) is 0 Å². The minimum Gasteiger partial charge on any atom is -0.476 e. The van der Waals surface area contributed by atoms with Gasteiger partial charge in [0.05, 0.1) is 13.2 Å². The molecule has 0 aromatic carbocycles. The number of aromatic nitrogens is 5. The number of carboxylic acids is 1. The lowest BCUT2D eigenvalue weighted by molar-refractivity contribution is 0.0690. The van der Waals surface area contributed by atoms with Gasteiger partial charge in [-0.15, -0.1) is 0 Å². The summed E-state index contributed by atoms with van der Waals surface area (Å²) in [7, 11) is 0. The molecule has 12 heteroatoms. The Morgan fingerprint density at radius 3 is 2.64 bits per heavy atom. The minimum absolute atomic E-state index is 0.0880. The van der Waals surface area contributed by atoms with Gasteiger partial charge in [0.2, 0.25) is 11.7 Å². The van der Waals surface area contributed by atoms with Crippen molar-refractivity contribution in [3.05, 3.63) is 34.9 Å². The Hall–Kier alpha value is -2.92. The van der Waals surface area contributed by atoms with Crippen LogP contribution in [0.3, 0.4) is 0 Å². The third-order valence-electron chi connectivity index (χ3n) is 3.24. The average molecular weight is 415 g/mol. The molecule has 0 saturated heterocycles. The van der Waals surface area contributed by atoms with Gasteiger partial charge in [0, 0.05) is 6.20 Å². The monoisotopic (exact) mass is 414 g/mol.